The number of hydrogen-bond acceptors (Lipinski definition) is 2. The maximum atomic E-state index is 11.7. The molecule has 0 saturated heterocycles. The van der Waals surface area contributed by atoms with E-state index >= 15 is 0 Å². The maximum Gasteiger partial charge on any atom is 0.248 e. The van der Waals surface area contributed by atoms with E-state index in [1.165, 1.54) is 18.2 Å². The molecule has 19 heavy (non-hydrogen) atoms. The first kappa shape index (κ1) is 14.4. The molecular weight excluding hydrogens is 325 g/mol. The lowest BCUT2D eigenvalue weighted by Gasteiger charge is -2.06. The minimum absolute atomic E-state index is 0.284. The van der Waals surface area contributed by atoms with E-state index in [4.69, 9.17) is 34.8 Å². The fourth-order valence-corrected chi connectivity index (χ4v) is 2.55. The van der Waals surface area contributed by atoms with Crippen LogP contribution in [0.3, 0.4) is 0 Å². The van der Waals surface area contributed by atoms with E-state index < -0.39 is 0 Å². The molecule has 0 radical (unpaired) electrons. The maximum absolute atomic E-state index is 11.7. The minimum Gasteiger partial charge on any atom is -0.321 e. The van der Waals surface area contributed by atoms with E-state index in [1.54, 1.807) is 17.4 Å². The summed E-state index contributed by atoms with van der Waals surface area (Å²) in [4.78, 5) is 12.7. The van der Waals surface area contributed by atoms with E-state index in [0.717, 1.165) is 4.88 Å². The Labute approximate surface area is 129 Å². The molecule has 1 heterocycles. The molecule has 1 amide bonds. The van der Waals surface area contributed by atoms with Crippen LogP contribution in [0.15, 0.2) is 35.7 Å². The number of thiophene rings is 1. The Balaban J connectivity index is 2.09. The molecule has 2 rings (SSSR count). The van der Waals surface area contributed by atoms with Gasteiger partial charge in [0.25, 0.3) is 0 Å². The SMILES string of the molecule is O=C(/C=C/c1cccs1)Nc1cc(Cl)c(Cl)cc1Cl. The fourth-order valence-electron chi connectivity index (χ4n) is 1.34. The molecule has 2 nitrogen and oxygen atoms in total. The second-order valence-electron chi connectivity index (χ2n) is 3.58. The Hall–Kier alpha value is -1.000. The number of carbonyl (C=O) groups is 1. The molecule has 2 aromatic rings. The van der Waals surface area contributed by atoms with Crippen LogP contribution in [-0.4, -0.2) is 5.91 Å². The number of nitrogens with one attached hydrogen (secondary N) is 1. The molecule has 0 aliphatic rings. The van der Waals surface area contributed by atoms with E-state index in [0.29, 0.717) is 20.8 Å². The van der Waals surface area contributed by atoms with Crippen molar-refractivity contribution in [2.75, 3.05) is 5.32 Å². The quantitative estimate of drug-likeness (QED) is 0.595. The topological polar surface area (TPSA) is 29.1 Å². The van der Waals surface area contributed by atoms with Gasteiger partial charge < -0.3 is 5.32 Å². The van der Waals surface area contributed by atoms with E-state index in [9.17, 15) is 4.79 Å². The molecule has 0 bridgehead atoms. The summed E-state index contributed by atoms with van der Waals surface area (Å²) >= 11 is 19.2. The number of halogens is 3. The van der Waals surface area contributed by atoms with Crippen molar-refractivity contribution < 1.29 is 4.79 Å². The summed E-state index contributed by atoms with van der Waals surface area (Å²) in [5.41, 5.74) is 0.428. The summed E-state index contributed by atoms with van der Waals surface area (Å²) < 4.78 is 0. The van der Waals surface area contributed by atoms with Crippen LogP contribution in [0, 0.1) is 0 Å². The van der Waals surface area contributed by atoms with Gasteiger partial charge in [-0.1, -0.05) is 40.9 Å². The Morgan fingerprint density at radius 1 is 1.16 bits per heavy atom. The Kier molecular flexibility index (Phi) is 4.88. The van der Waals surface area contributed by atoms with Crippen molar-refractivity contribution in [1.82, 2.24) is 0 Å². The molecule has 0 saturated carbocycles. The molecule has 6 heteroatoms. The number of anilines is 1. The lowest BCUT2D eigenvalue weighted by molar-refractivity contribution is -0.111. The lowest BCUT2D eigenvalue weighted by atomic mass is 10.3. The number of amides is 1. The van der Waals surface area contributed by atoms with Gasteiger partial charge >= 0.3 is 0 Å². The number of benzene rings is 1. The smallest absolute Gasteiger partial charge is 0.248 e. The third-order valence-electron chi connectivity index (χ3n) is 2.21. The van der Waals surface area contributed by atoms with Crippen LogP contribution in [0.2, 0.25) is 15.1 Å². The first-order valence-corrected chi connectivity index (χ1v) is 7.25. The molecule has 0 aliphatic carbocycles. The molecule has 0 fully saturated rings. The zero-order chi connectivity index (χ0) is 13.8. The second kappa shape index (κ2) is 6.44. The summed E-state index contributed by atoms with van der Waals surface area (Å²) in [6, 6.07) is 6.84. The first-order chi connectivity index (χ1) is 9.06. The highest BCUT2D eigenvalue weighted by molar-refractivity contribution is 7.10. The van der Waals surface area contributed by atoms with Crippen molar-refractivity contribution in [3.63, 3.8) is 0 Å². The van der Waals surface area contributed by atoms with Crippen LogP contribution >= 0.6 is 46.1 Å². The Bertz CT molecular complexity index is 623. The highest BCUT2D eigenvalue weighted by Gasteiger charge is 2.07. The number of carbonyl (C=O) groups excluding carboxylic acids is 1. The van der Waals surface area contributed by atoms with Gasteiger partial charge in [-0.3, -0.25) is 4.79 Å². The van der Waals surface area contributed by atoms with Crippen molar-refractivity contribution in [2.45, 2.75) is 0 Å². The van der Waals surface area contributed by atoms with Crippen LogP contribution in [0.25, 0.3) is 6.08 Å². The van der Waals surface area contributed by atoms with Crippen molar-refractivity contribution in [1.29, 1.82) is 0 Å². The van der Waals surface area contributed by atoms with E-state index in [-0.39, 0.29) is 5.91 Å². The number of rotatable bonds is 3. The highest BCUT2D eigenvalue weighted by atomic mass is 35.5. The van der Waals surface area contributed by atoms with Crippen LogP contribution in [0.4, 0.5) is 5.69 Å². The van der Waals surface area contributed by atoms with Gasteiger partial charge in [0.15, 0.2) is 0 Å². The highest BCUT2D eigenvalue weighted by Crippen LogP contribution is 2.32. The minimum atomic E-state index is -0.284. The molecule has 0 spiro atoms. The molecule has 0 unspecified atom stereocenters. The van der Waals surface area contributed by atoms with Gasteiger partial charge in [-0.25, -0.2) is 0 Å². The first-order valence-electron chi connectivity index (χ1n) is 5.23. The van der Waals surface area contributed by atoms with Crippen molar-refractivity contribution in [3.8, 4) is 0 Å². The Morgan fingerprint density at radius 3 is 2.58 bits per heavy atom. The molecule has 1 N–H and O–H groups in total. The second-order valence-corrected chi connectivity index (χ2v) is 5.79. The monoisotopic (exact) mass is 331 g/mol. The third-order valence-corrected chi connectivity index (χ3v) is 4.08. The van der Waals surface area contributed by atoms with Crippen molar-refractivity contribution >= 4 is 63.8 Å². The largest absolute Gasteiger partial charge is 0.321 e. The standard InChI is InChI=1S/C13H8Cl3NOS/c14-9-6-11(16)12(7-10(9)15)17-13(18)4-3-8-2-1-5-19-8/h1-7H,(H,17,18)/b4-3+. The molecule has 1 aromatic heterocycles. The summed E-state index contributed by atoms with van der Waals surface area (Å²) in [5, 5.41) is 5.61. The van der Waals surface area contributed by atoms with Gasteiger partial charge in [0.05, 0.1) is 20.8 Å². The summed E-state index contributed by atoms with van der Waals surface area (Å²) in [6.45, 7) is 0. The van der Waals surface area contributed by atoms with Crippen molar-refractivity contribution in [2.24, 2.45) is 0 Å². The van der Waals surface area contributed by atoms with Gasteiger partial charge in [-0.2, -0.15) is 0 Å². The number of hydrogen-bond donors (Lipinski definition) is 1. The summed E-state index contributed by atoms with van der Waals surface area (Å²) in [6.07, 6.45) is 3.16. The normalized spacial score (nSPS) is 10.9. The molecule has 0 atom stereocenters. The predicted octanol–water partition coefficient (Wildman–Crippen LogP) is 5.36. The van der Waals surface area contributed by atoms with Gasteiger partial charge in [-0.15, -0.1) is 11.3 Å². The average molecular weight is 333 g/mol. The van der Waals surface area contributed by atoms with Gasteiger partial charge in [-0.05, 0) is 29.7 Å². The molecule has 98 valence electrons. The lowest BCUT2D eigenvalue weighted by Crippen LogP contribution is -2.08. The predicted molar refractivity (Wildman–Crippen MR) is 83.5 cm³/mol. The Morgan fingerprint density at radius 2 is 1.89 bits per heavy atom. The summed E-state index contributed by atoms with van der Waals surface area (Å²) in [7, 11) is 0. The summed E-state index contributed by atoms with van der Waals surface area (Å²) in [5.74, 6) is -0.284. The van der Waals surface area contributed by atoms with Gasteiger partial charge in [0.2, 0.25) is 5.91 Å². The van der Waals surface area contributed by atoms with E-state index in [1.807, 2.05) is 17.5 Å². The van der Waals surface area contributed by atoms with Crippen LogP contribution in [-0.2, 0) is 4.79 Å². The molecule has 0 aliphatic heterocycles. The molecular formula is C13H8Cl3NOS. The van der Waals surface area contributed by atoms with Crippen LogP contribution in [0.1, 0.15) is 4.88 Å². The van der Waals surface area contributed by atoms with Crippen LogP contribution < -0.4 is 5.32 Å². The zero-order valence-corrected chi connectivity index (χ0v) is 12.6. The fraction of sp³-hybridized carbons (Fsp3) is 0. The molecule has 1 aromatic carbocycles. The van der Waals surface area contributed by atoms with Crippen LogP contribution in [0.5, 0.6) is 0 Å². The van der Waals surface area contributed by atoms with Gasteiger partial charge in [0, 0.05) is 11.0 Å². The van der Waals surface area contributed by atoms with E-state index in [2.05, 4.69) is 5.32 Å². The van der Waals surface area contributed by atoms with Gasteiger partial charge in [0.1, 0.15) is 0 Å². The zero-order valence-electron chi connectivity index (χ0n) is 9.49. The average Bonchev–Trinajstić information content (AvgIpc) is 2.86. The third kappa shape index (κ3) is 3.98. The van der Waals surface area contributed by atoms with Crippen molar-refractivity contribution in [3.05, 3.63) is 55.7 Å².